The molecule has 2 heterocycles. The molecule has 1 aliphatic carbocycles. The molecule has 1 aliphatic heterocycles. The summed E-state index contributed by atoms with van der Waals surface area (Å²) in [5.74, 6) is 1.18. The number of benzene rings is 1. The highest BCUT2D eigenvalue weighted by Gasteiger charge is 2.47. The lowest BCUT2D eigenvalue weighted by atomic mass is 9.95. The Balaban J connectivity index is 1.76. The quantitative estimate of drug-likeness (QED) is 0.884. The lowest BCUT2D eigenvalue weighted by Gasteiger charge is -2.30. The average molecular weight is 253 g/mol. The highest BCUT2D eigenvalue weighted by Crippen LogP contribution is 2.56. The molecule has 0 bridgehead atoms. The molecule has 2 aromatic rings. The minimum atomic E-state index is 0.483. The number of anilines is 1. The minimum absolute atomic E-state index is 0.483. The Morgan fingerprint density at radius 3 is 2.79 bits per heavy atom. The maximum atomic E-state index is 4.86. The monoisotopic (exact) mass is 253 g/mol. The van der Waals surface area contributed by atoms with E-state index in [-0.39, 0.29) is 0 Å². The van der Waals surface area contributed by atoms with Gasteiger partial charge in [-0.2, -0.15) is 5.10 Å². The Kier molecular flexibility index (Phi) is 2.25. The van der Waals surface area contributed by atoms with E-state index in [1.165, 1.54) is 30.6 Å². The predicted octanol–water partition coefficient (Wildman–Crippen LogP) is 3.71. The molecule has 0 amide bonds. The molecule has 1 fully saturated rings. The van der Waals surface area contributed by atoms with Gasteiger partial charge in [-0.05, 0) is 24.7 Å². The van der Waals surface area contributed by atoms with Crippen LogP contribution in [0.3, 0.4) is 0 Å². The first-order valence-corrected chi connectivity index (χ1v) is 7.15. The fourth-order valence-electron chi connectivity index (χ4n) is 3.15. The van der Waals surface area contributed by atoms with E-state index < -0.39 is 0 Å². The Labute approximate surface area is 113 Å². The highest BCUT2D eigenvalue weighted by molar-refractivity contribution is 5.63. The summed E-state index contributed by atoms with van der Waals surface area (Å²) in [6.07, 6.45) is 3.88. The Morgan fingerprint density at radius 1 is 1.26 bits per heavy atom. The van der Waals surface area contributed by atoms with E-state index in [0.29, 0.717) is 11.5 Å². The Bertz CT molecular complexity index is 596. The van der Waals surface area contributed by atoms with Gasteiger partial charge in [0, 0.05) is 18.2 Å². The lowest BCUT2D eigenvalue weighted by molar-refractivity contribution is 0.285. The van der Waals surface area contributed by atoms with E-state index in [0.717, 1.165) is 12.2 Å². The number of fused-ring (bicyclic) bond motifs is 1. The van der Waals surface area contributed by atoms with Crippen LogP contribution in [0.4, 0.5) is 5.82 Å². The van der Waals surface area contributed by atoms with E-state index in [4.69, 9.17) is 5.10 Å². The first-order chi connectivity index (χ1) is 9.26. The fraction of sp³-hybridized carbons (Fsp3) is 0.438. The van der Waals surface area contributed by atoms with Crippen LogP contribution in [0.1, 0.15) is 32.2 Å². The fourth-order valence-corrected chi connectivity index (χ4v) is 3.15. The van der Waals surface area contributed by atoms with Gasteiger partial charge in [-0.15, -0.1) is 0 Å². The van der Waals surface area contributed by atoms with Crippen LogP contribution in [0, 0.1) is 5.41 Å². The number of hydrogen-bond acceptors (Lipinski definition) is 2. The summed E-state index contributed by atoms with van der Waals surface area (Å²) in [6, 6.07) is 13.2. The van der Waals surface area contributed by atoms with Crippen LogP contribution < -0.4 is 5.32 Å². The molecule has 1 aromatic heterocycles. The molecule has 1 saturated carbocycles. The average Bonchev–Trinajstić information content (AvgIpc) is 3.05. The Morgan fingerprint density at radius 2 is 2.05 bits per heavy atom. The van der Waals surface area contributed by atoms with Crippen molar-refractivity contribution in [2.24, 2.45) is 5.41 Å². The molecule has 1 atom stereocenters. The molecule has 19 heavy (non-hydrogen) atoms. The van der Waals surface area contributed by atoms with E-state index in [1.807, 2.05) is 6.07 Å². The lowest BCUT2D eigenvalue weighted by Crippen LogP contribution is -2.28. The van der Waals surface area contributed by atoms with Gasteiger partial charge >= 0.3 is 0 Å². The van der Waals surface area contributed by atoms with Crippen molar-refractivity contribution < 1.29 is 0 Å². The van der Waals surface area contributed by atoms with Gasteiger partial charge in [-0.3, -0.25) is 0 Å². The SMILES string of the molecule is CC1(C2CCNc3cc(-c4ccccc4)nn32)CC1. The van der Waals surface area contributed by atoms with Gasteiger partial charge in [0.1, 0.15) is 5.82 Å². The van der Waals surface area contributed by atoms with Gasteiger partial charge in [0.15, 0.2) is 0 Å². The van der Waals surface area contributed by atoms with Crippen molar-refractivity contribution in [1.82, 2.24) is 9.78 Å². The summed E-state index contributed by atoms with van der Waals surface area (Å²) in [4.78, 5) is 0. The van der Waals surface area contributed by atoms with Crippen molar-refractivity contribution in [3.63, 3.8) is 0 Å². The van der Waals surface area contributed by atoms with Crippen molar-refractivity contribution in [2.45, 2.75) is 32.2 Å². The molecule has 2 aliphatic rings. The van der Waals surface area contributed by atoms with Crippen molar-refractivity contribution in [3.8, 4) is 11.3 Å². The predicted molar refractivity (Wildman–Crippen MR) is 77.1 cm³/mol. The molecule has 1 aromatic carbocycles. The zero-order valence-corrected chi connectivity index (χ0v) is 11.3. The molecule has 0 spiro atoms. The topological polar surface area (TPSA) is 29.9 Å². The zero-order valence-electron chi connectivity index (χ0n) is 11.3. The molecule has 0 radical (unpaired) electrons. The summed E-state index contributed by atoms with van der Waals surface area (Å²) in [6.45, 7) is 3.47. The summed E-state index contributed by atoms with van der Waals surface area (Å²) in [5, 5.41) is 8.35. The van der Waals surface area contributed by atoms with Crippen LogP contribution in [-0.2, 0) is 0 Å². The number of aromatic nitrogens is 2. The maximum Gasteiger partial charge on any atom is 0.125 e. The zero-order chi connectivity index (χ0) is 12.9. The van der Waals surface area contributed by atoms with Gasteiger partial charge in [-0.25, -0.2) is 4.68 Å². The smallest absolute Gasteiger partial charge is 0.125 e. The minimum Gasteiger partial charge on any atom is -0.370 e. The third kappa shape index (κ3) is 1.76. The van der Waals surface area contributed by atoms with Gasteiger partial charge in [-0.1, -0.05) is 37.3 Å². The van der Waals surface area contributed by atoms with Crippen molar-refractivity contribution in [3.05, 3.63) is 36.4 Å². The van der Waals surface area contributed by atoms with Crippen molar-refractivity contribution in [2.75, 3.05) is 11.9 Å². The van der Waals surface area contributed by atoms with Crippen LogP contribution >= 0.6 is 0 Å². The Hall–Kier alpha value is -1.77. The number of hydrogen-bond donors (Lipinski definition) is 1. The van der Waals surface area contributed by atoms with Crippen LogP contribution in [-0.4, -0.2) is 16.3 Å². The normalized spacial score (nSPS) is 23.5. The first-order valence-electron chi connectivity index (χ1n) is 7.15. The number of nitrogens with one attached hydrogen (secondary N) is 1. The van der Waals surface area contributed by atoms with E-state index >= 15 is 0 Å². The largest absolute Gasteiger partial charge is 0.370 e. The third-order valence-electron chi connectivity index (χ3n) is 4.67. The molecular formula is C16H19N3. The molecule has 1 N–H and O–H groups in total. The van der Waals surface area contributed by atoms with E-state index in [9.17, 15) is 0 Å². The van der Waals surface area contributed by atoms with E-state index in [2.05, 4.69) is 47.3 Å². The second-order valence-corrected chi connectivity index (χ2v) is 6.11. The molecule has 3 nitrogen and oxygen atoms in total. The third-order valence-corrected chi connectivity index (χ3v) is 4.67. The number of nitrogens with zero attached hydrogens (tertiary/aromatic N) is 2. The molecule has 4 rings (SSSR count). The van der Waals surface area contributed by atoms with Crippen LogP contribution in [0.15, 0.2) is 36.4 Å². The first kappa shape index (κ1) is 11.1. The van der Waals surface area contributed by atoms with Crippen LogP contribution in [0.2, 0.25) is 0 Å². The van der Waals surface area contributed by atoms with Gasteiger partial charge in [0.05, 0.1) is 11.7 Å². The second kappa shape index (κ2) is 3.86. The molecule has 98 valence electrons. The van der Waals surface area contributed by atoms with Gasteiger partial charge in [0.2, 0.25) is 0 Å². The molecule has 3 heteroatoms. The molecular weight excluding hydrogens is 234 g/mol. The summed E-state index contributed by atoms with van der Waals surface area (Å²) >= 11 is 0. The summed E-state index contributed by atoms with van der Waals surface area (Å²) in [5.41, 5.74) is 2.77. The van der Waals surface area contributed by atoms with Crippen LogP contribution in [0.5, 0.6) is 0 Å². The summed E-state index contributed by atoms with van der Waals surface area (Å²) < 4.78 is 2.23. The molecule has 0 saturated heterocycles. The number of rotatable bonds is 2. The van der Waals surface area contributed by atoms with E-state index in [1.54, 1.807) is 0 Å². The van der Waals surface area contributed by atoms with Crippen molar-refractivity contribution >= 4 is 5.82 Å². The summed E-state index contributed by atoms with van der Waals surface area (Å²) in [7, 11) is 0. The van der Waals surface area contributed by atoms with Crippen molar-refractivity contribution in [1.29, 1.82) is 0 Å². The molecule has 1 unspecified atom stereocenters. The van der Waals surface area contributed by atoms with Gasteiger partial charge in [0.25, 0.3) is 0 Å². The highest BCUT2D eigenvalue weighted by atomic mass is 15.4. The second-order valence-electron chi connectivity index (χ2n) is 6.11. The van der Waals surface area contributed by atoms with Gasteiger partial charge < -0.3 is 5.32 Å². The van der Waals surface area contributed by atoms with Crippen LogP contribution in [0.25, 0.3) is 11.3 Å². The standard InChI is InChI=1S/C16H19N3/c1-16(8-9-16)14-7-10-17-15-11-13(18-19(14)15)12-5-3-2-4-6-12/h2-6,11,14,17H,7-10H2,1H3. The maximum absolute atomic E-state index is 4.86.